The molecule has 2 N–H and O–H groups in total. The van der Waals surface area contributed by atoms with Gasteiger partial charge < -0.3 is 10.6 Å². The summed E-state index contributed by atoms with van der Waals surface area (Å²) in [6, 6.07) is 14.3. The second-order valence-electron chi connectivity index (χ2n) is 6.22. The summed E-state index contributed by atoms with van der Waals surface area (Å²) in [5.74, 6) is -0.0577. The number of rotatable bonds is 7. The van der Waals surface area contributed by atoms with Crippen LogP contribution in [0.2, 0.25) is 0 Å². The molecule has 0 aromatic heterocycles. The van der Waals surface area contributed by atoms with E-state index in [1.807, 2.05) is 12.1 Å². The third kappa shape index (κ3) is 4.95. The predicted octanol–water partition coefficient (Wildman–Crippen LogP) is 3.51. The van der Waals surface area contributed by atoms with Gasteiger partial charge in [-0.3, -0.25) is 14.4 Å². The Hall–Kier alpha value is -2.60. The minimum atomic E-state index is -0.267. The van der Waals surface area contributed by atoms with Crippen molar-refractivity contribution in [2.45, 2.75) is 30.7 Å². The normalized spacial score (nSPS) is 13.1. The minimum absolute atomic E-state index is 0.0122. The van der Waals surface area contributed by atoms with Gasteiger partial charge in [0.05, 0.1) is 11.3 Å². The lowest BCUT2D eigenvalue weighted by molar-refractivity contribution is -0.118. The molecule has 0 bridgehead atoms. The molecule has 3 rings (SSSR count). The summed E-state index contributed by atoms with van der Waals surface area (Å²) in [6.45, 7) is 1.49. The summed E-state index contributed by atoms with van der Waals surface area (Å²) in [7, 11) is 0. The number of ketones is 1. The van der Waals surface area contributed by atoms with Crippen LogP contribution in [0.1, 0.15) is 40.5 Å². The first-order chi connectivity index (χ1) is 12.5. The Labute approximate surface area is 156 Å². The van der Waals surface area contributed by atoms with Gasteiger partial charge in [-0.25, -0.2) is 0 Å². The third-order valence-electron chi connectivity index (χ3n) is 3.96. The number of carbonyl (C=O) groups is 3. The van der Waals surface area contributed by atoms with Crippen LogP contribution in [-0.2, 0) is 4.79 Å². The SMILES string of the molecule is CC(=O)c1cccc(NC(=O)c2ccccc2SCC(=O)NC2CC2)c1. The van der Waals surface area contributed by atoms with Crippen molar-refractivity contribution in [3.05, 3.63) is 59.7 Å². The first-order valence-electron chi connectivity index (χ1n) is 8.46. The summed E-state index contributed by atoms with van der Waals surface area (Å²) in [5.41, 5.74) is 1.61. The molecule has 0 heterocycles. The molecule has 0 unspecified atom stereocenters. The monoisotopic (exact) mass is 368 g/mol. The molecule has 1 aliphatic rings. The van der Waals surface area contributed by atoms with Gasteiger partial charge in [0, 0.05) is 22.2 Å². The van der Waals surface area contributed by atoms with E-state index in [4.69, 9.17) is 0 Å². The first kappa shape index (κ1) is 18.2. The number of benzene rings is 2. The van der Waals surface area contributed by atoms with Gasteiger partial charge in [-0.15, -0.1) is 11.8 Å². The van der Waals surface area contributed by atoms with E-state index in [0.29, 0.717) is 22.9 Å². The Morgan fingerprint density at radius 2 is 1.85 bits per heavy atom. The molecular formula is C20H20N2O3S. The van der Waals surface area contributed by atoms with Crippen LogP contribution >= 0.6 is 11.8 Å². The van der Waals surface area contributed by atoms with E-state index in [1.54, 1.807) is 36.4 Å². The van der Waals surface area contributed by atoms with Gasteiger partial charge in [-0.2, -0.15) is 0 Å². The van der Waals surface area contributed by atoms with Crippen molar-refractivity contribution in [1.29, 1.82) is 0 Å². The maximum Gasteiger partial charge on any atom is 0.256 e. The average Bonchev–Trinajstić information content (AvgIpc) is 3.44. The van der Waals surface area contributed by atoms with Crippen LogP contribution in [0, 0.1) is 0 Å². The van der Waals surface area contributed by atoms with E-state index in [1.165, 1.54) is 18.7 Å². The molecule has 2 amide bonds. The van der Waals surface area contributed by atoms with Gasteiger partial charge in [0.1, 0.15) is 0 Å². The first-order valence-corrected chi connectivity index (χ1v) is 9.45. The van der Waals surface area contributed by atoms with Crippen molar-refractivity contribution in [2.24, 2.45) is 0 Å². The van der Waals surface area contributed by atoms with Gasteiger partial charge in [0.25, 0.3) is 5.91 Å². The number of hydrogen-bond donors (Lipinski definition) is 2. The fourth-order valence-electron chi connectivity index (χ4n) is 2.43. The fourth-order valence-corrected chi connectivity index (χ4v) is 3.30. The highest BCUT2D eigenvalue weighted by Crippen LogP contribution is 2.25. The minimum Gasteiger partial charge on any atom is -0.353 e. The Morgan fingerprint density at radius 3 is 2.58 bits per heavy atom. The zero-order valence-electron chi connectivity index (χ0n) is 14.5. The van der Waals surface area contributed by atoms with Crippen LogP contribution in [-0.4, -0.2) is 29.4 Å². The van der Waals surface area contributed by atoms with Gasteiger partial charge >= 0.3 is 0 Å². The standard InChI is InChI=1S/C20H20N2O3S/c1-13(23)14-5-4-6-16(11-14)22-20(25)17-7-2-3-8-18(17)26-12-19(24)21-15-9-10-15/h2-8,11,15H,9-10,12H2,1H3,(H,21,24)(H,22,25). The van der Waals surface area contributed by atoms with E-state index in [2.05, 4.69) is 10.6 Å². The molecule has 1 fully saturated rings. The summed E-state index contributed by atoms with van der Waals surface area (Å²) in [6.07, 6.45) is 2.10. The zero-order chi connectivity index (χ0) is 18.5. The second-order valence-corrected chi connectivity index (χ2v) is 7.23. The maximum atomic E-state index is 12.6. The van der Waals surface area contributed by atoms with Crippen molar-refractivity contribution in [2.75, 3.05) is 11.1 Å². The summed E-state index contributed by atoms with van der Waals surface area (Å²) in [4.78, 5) is 36.7. The molecule has 26 heavy (non-hydrogen) atoms. The van der Waals surface area contributed by atoms with Crippen molar-refractivity contribution >= 4 is 35.0 Å². The topological polar surface area (TPSA) is 75.3 Å². The number of Topliss-reactive ketones (excluding diaryl/α,β-unsaturated/α-hetero) is 1. The van der Waals surface area contributed by atoms with Crippen LogP contribution < -0.4 is 10.6 Å². The molecule has 0 spiro atoms. The third-order valence-corrected chi connectivity index (χ3v) is 5.03. The number of thioether (sulfide) groups is 1. The Bertz CT molecular complexity index is 846. The van der Waals surface area contributed by atoms with Gasteiger partial charge in [-0.1, -0.05) is 24.3 Å². The highest BCUT2D eigenvalue weighted by molar-refractivity contribution is 8.00. The van der Waals surface area contributed by atoms with Crippen LogP contribution in [0.15, 0.2) is 53.4 Å². The van der Waals surface area contributed by atoms with Gasteiger partial charge in [0.15, 0.2) is 5.78 Å². The van der Waals surface area contributed by atoms with E-state index in [0.717, 1.165) is 17.7 Å². The van der Waals surface area contributed by atoms with Gasteiger partial charge in [0.2, 0.25) is 5.91 Å². The van der Waals surface area contributed by atoms with E-state index in [9.17, 15) is 14.4 Å². The van der Waals surface area contributed by atoms with Crippen molar-refractivity contribution in [3.63, 3.8) is 0 Å². The van der Waals surface area contributed by atoms with Gasteiger partial charge in [-0.05, 0) is 44.0 Å². The molecule has 2 aromatic rings. The average molecular weight is 368 g/mol. The van der Waals surface area contributed by atoms with E-state index >= 15 is 0 Å². The molecule has 6 heteroatoms. The van der Waals surface area contributed by atoms with E-state index < -0.39 is 0 Å². The maximum absolute atomic E-state index is 12.6. The quantitative estimate of drug-likeness (QED) is 0.579. The van der Waals surface area contributed by atoms with Crippen molar-refractivity contribution in [1.82, 2.24) is 5.32 Å². The van der Waals surface area contributed by atoms with Crippen LogP contribution in [0.25, 0.3) is 0 Å². The molecule has 1 aliphatic carbocycles. The highest BCUT2D eigenvalue weighted by atomic mass is 32.2. The predicted molar refractivity (Wildman–Crippen MR) is 103 cm³/mol. The van der Waals surface area contributed by atoms with Crippen molar-refractivity contribution in [3.8, 4) is 0 Å². The number of hydrogen-bond acceptors (Lipinski definition) is 4. The molecular weight excluding hydrogens is 348 g/mol. The number of amides is 2. The Morgan fingerprint density at radius 1 is 1.08 bits per heavy atom. The Kier molecular flexibility index (Phi) is 5.73. The summed E-state index contributed by atoms with van der Waals surface area (Å²) < 4.78 is 0. The molecule has 5 nitrogen and oxygen atoms in total. The highest BCUT2D eigenvalue weighted by Gasteiger charge is 2.23. The van der Waals surface area contributed by atoms with Crippen LogP contribution in [0.3, 0.4) is 0 Å². The Balaban J connectivity index is 1.67. The molecule has 1 saturated carbocycles. The van der Waals surface area contributed by atoms with Crippen LogP contribution in [0.5, 0.6) is 0 Å². The number of carbonyl (C=O) groups excluding carboxylic acids is 3. The smallest absolute Gasteiger partial charge is 0.256 e. The van der Waals surface area contributed by atoms with E-state index in [-0.39, 0.29) is 23.4 Å². The summed E-state index contributed by atoms with van der Waals surface area (Å²) >= 11 is 1.34. The zero-order valence-corrected chi connectivity index (χ0v) is 15.3. The molecule has 2 aromatic carbocycles. The van der Waals surface area contributed by atoms with Crippen molar-refractivity contribution < 1.29 is 14.4 Å². The number of anilines is 1. The lowest BCUT2D eigenvalue weighted by Crippen LogP contribution is -2.27. The largest absolute Gasteiger partial charge is 0.353 e. The lowest BCUT2D eigenvalue weighted by atomic mass is 10.1. The molecule has 0 aliphatic heterocycles. The fraction of sp³-hybridized carbons (Fsp3) is 0.250. The lowest BCUT2D eigenvalue weighted by Gasteiger charge is -2.10. The molecule has 0 saturated heterocycles. The molecule has 134 valence electrons. The molecule has 0 radical (unpaired) electrons. The van der Waals surface area contributed by atoms with Crippen LogP contribution in [0.4, 0.5) is 5.69 Å². The second kappa shape index (κ2) is 8.19. The summed E-state index contributed by atoms with van der Waals surface area (Å²) in [5, 5.41) is 5.76. The molecule has 0 atom stereocenters. The number of nitrogens with one attached hydrogen (secondary N) is 2.